The van der Waals surface area contributed by atoms with Gasteiger partial charge in [-0.15, -0.1) is 0 Å². The zero-order valence-corrected chi connectivity index (χ0v) is 10.2. The maximum absolute atomic E-state index is 8.87. The minimum absolute atomic E-state index is 0.281. The van der Waals surface area contributed by atoms with Crippen LogP contribution in [0.15, 0.2) is 18.3 Å². The smallest absolute Gasteiger partial charge is 0.0541 e. The van der Waals surface area contributed by atoms with Gasteiger partial charge in [-0.2, -0.15) is 0 Å². The molecule has 0 aliphatic heterocycles. The Morgan fingerprint density at radius 3 is 2.81 bits per heavy atom. The van der Waals surface area contributed by atoms with Crippen molar-refractivity contribution in [2.45, 2.75) is 33.2 Å². The maximum atomic E-state index is 8.87. The first-order valence-corrected chi connectivity index (χ1v) is 5.99. The third-order valence-electron chi connectivity index (χ3n) is 2.83. The Bertz CT molecular complexity index is 284. The van der Waals surface area contributed by atoms with Gasteiger partial charge in [-0.05, 0) is 37.4 Å². The van der Waals surface area contributed by atoms with Crippen LogP contribution < -0.4 is 5.32 Å². The highest BCUT2D eigenvalue weighted by Gasteiger charge is 2.04. The van der Waals surface area contributed by atoms with Crippen molar-refractivity contribution in [3.8, 4) is 0 Å². The maximum Gasteiger partial charge on any atom is 0.0541 e. The van der Waals surface area contributed by atoms with Crippen molar-refractivity contribution in [3.05, 3.63) is 29.6 Å². The minimum Gasteiger partial charge on any atom is -0.396 e. The van der Waals surface area contributed by atoms with Crippen LogP contribution in [0.1, 0.15) is 31.0 Å². The van der Waals surface area contributed by atoms with E-state index in [0.29, 0.717) is 5.92 Å². The fourth-order valence-corrected chi connectivity index (χ4v) is 1.64. The van der Waals surface area contributed by atoms with Crippen molar-refractivity contribution in [1.29, 1.82) is 0 Å². The van der Waals surface area contributed by atoms with Gasteiger partial charge >= 0.3 is 0 Å². The molecule has 1 aromatic rings. The van der Waals surface area contributed by atoms with Crippen molar-refractivity contribution in [1.82, 2.24) is 10.3 Å². The zero-order valence-electron chi connectivity index (χ0n) is 10.2. The molecule has 1 rings (SSSR count). The van der Waals surface area contributed by atoms with Crippen LogP contribution in [-0.2, 0) is 6.54 Å². The molecule has 1 aromatic heterocycles. The van der Waals surface area contributed by atoms with E-state index in [4.69, 9.17) is 5.11 Å². The van der Waals surface area contributed by atoms with Gasteiger partial charge in [-0.1, -0.05) is 19.4 Å². The molecular weight excluding hydrogens is 200 g/mol. The number of aryl methyl sites for hydroxylation is 1. The number of nitrogens with one attached hydrogen (secondary N) is 1. The molecule has 0 saturated carbocycles. The van der Waals surface area contributed by atoms with E-state index in [-0.39, 0.29) is 6.61 Å². The third-order valence-corrected chi connectivity index (χ3v) is 2.83. The summed E-state index contributed by atoms with van der Waals surface area (Å²) in [5, 5.41) is 12.3. The lowest BCUT2D eigenvalue weighted by atomic mass is 10.0. The number of aliphatic hydroxyl groups excluding tert-OH is 1. The lowest BCUT2D eigenvalue weighted by Gasteiger charge is -2.13. The summed E-state index contributed by atoms with van der Waals surface area (Å²) in [5.41, 5.74) is 2.26. The second-order valence-corrected chi connectivity index (χ2v) is 4.24. The number of rotatable bonds is 7. The fourth-order valence-electron chi connectivity index (χ4n) is 1.64. The lowest BCUT2D eigenvalue weighted by molar-refractivity contribution is 0.251. The van der Waals surface area contributed by atoms with Crippen LogP contribution in [0.2, 0.25) is 0 Å². The van der Waals surface area contributed by atoms with Crippen LogP contribution in [0.4, 0.5) is 0 Å². The molecule has 1 heterocycles. The third kappa shape index (κ3) is 4.73. The van der Waals surface area contributed by atoms with Gasteiger partial charge in [0, 0.05) is 19.3 Å². The van der Waals surface area contributed by atoms with E-state index in [1.807, 2.05) is 13.1 Å². The molecule has 0 aromatic carbocycles. The molecule has 0 aliphatic carbocycles. The molecule has 3 nitrogen and oxygen atoms in total. The molecule has 0 aliphatic rings. The van der Waals surface area contributed by atoms with E-state index in [1.54, 1.807) is 0 Å². The highest BCUT2D eigenvalue weighted by Crippen LogP contribution is 2.06. The first-order chi connectivity index (χ1) is 7.76. The largest absolute Gasteiger partial charge is 0.396 e. The Hall–Kier alpha value is -0.930. The lowest BCUT2D eigenvalue weighted by Crippen LogP contribution is -2.23. The molecule has 0 bridgehead atoms. The number of hydrogen-bond donors (Lipinski definition) is 2. The first kappa shape index (κ1) is 13.1. The fraction of sp³-hybridized carbons (Fsp3) is 0.615. The van der Waals surface area contributed by atoms with Gasteiger partial charge in [-0.3, -0.25) is 4.98 Å². The second kappa shape index (κ2) is 7.36. The highest BCUT2D eigenvalue weighted by atomic mass is 16.3. The molecule has 0 fully saturated rings. The average Bonchev–Trinajstić information content (AvgIpc) is 2.30. The van der Waals surface area contributed by atoms with Crippen molar-refractivity contribution in [3.63, 3.8) is 0 Å². The van der Waals surface area contributed by atoms with Crippen LogP contribution in [0.25, 0.3) is 0 Å². The van der Waals surface area contributed by atoms with E-state index >= 15 is 0 Å². The Balaban J connectivity index is 2.26. The van der Waals surface area contributed by atoms with E-state index in [0.717, 1.165) is 31.6 Å². The normalized spacial score (nSPS) is 12.7. The molecule has 90 valence electrons. The summed E-state index contributed by atoms with van der Waals surface area (Å²) < 4.78 is 0. The number of nitrogens with zero attached hydrogens (tertiary/aromatic N) is 1. The van der Waals surface area contributed by atoms with Gasteiger partial charge < -0.3 is 10.4 Å². The Morgan fingerprint density at radius 1 is 1.44 bits per heavy atom. The minimum atomic E-state index is 0.281. The summed E-state index contributed by atoms with van der Waals surface area (Å²) in [4.78, 5) is 4.34. The predicted octanol–water partition coefficient (Wildman–Crippen LogP) is 1.89. The summed E-state index contributed by atoms with van der Waals surface area (Å²) in [5.74, 6) is 0.565. The van der Waals surface area contributed by atoms with Crippen molar-refractivity contribution in [2.75, 3.05) is 13.2 Å². The van der Waals surface area contributed by atoms with E-state index in [1.165, 1.54) is 5.56 Å². The molecule has 0 saturated heterocycles. The molecule has 1 unspecified atom stereocenters. The summed E-state index contributed by atoms with van der Waals surface area (Å²) >= 11 is 0. The quantitative estimate of drug-likeness (QED) is 0.740. The monoisotopic (exact) mass is 222 g/mol. The van der Waals surface area contributed by atoms with Crippen LogP contribution >= 0.6 is 0 Å². The van der Waals surface area contributed by atoms with Gasteiger partial charge in [0.2, 0.25) is 0 Å². The highest BCUT2D eigenvalue weighted by molar-refractivity contribution is 5.11. The second-order valence-electron chi connectivity index (χ2n) is 4.24. The molecule has 16 heavy (non-hydrogen) atoms. The van der Waals surface area contributed by atoms with Crippen LogP contribution in [0.5, 0.6) is 0 Å². The summed E-state index contributed by atoms with van der Waals surface area (Å²) in [6.45, 7) is 6.24. The molecule has 0 amide bonds. The standard InChI is InChI=1S/C13H22N2O/c1-3-12(6-7-16)9-14-10-13-5-4-11(2)8-15-13/h4-5,8,12,14,16H,3,6-7,9-10H2,1-2H3. The summed E-state index contributed by atoms with van der Waals surface area (Å²) in [6.07, 6.45) is 3.88. The number of aromatic nitrogens is 1. The number of pyridine rings is 1. The topological polar surface area (TPSA) is 45.1 Å². The van der Waals surface area contributed by atoms with E-state index < -0.39 is 0 Å². The first-order valence-electron chi connectivity index (χ1n) is 5.99. The zero-order chi connectivity index (χ0) is 11.8. The SMILES string of the molecule is CCC(CCO)CNCc1ccc(C)cn1. The van der Waals surface area contributed by atoms with Crippen molar-refractivity contribution < 1.29 is 5.11 Å². The van der Waals surface area contributed by atoms with Gasteiger partial charge in [-0.25, -0.2) is 0 Å². The molecule has 1 atom stereocenters. The van der Waals surface area contributed by atoms with Crippen LogP contribution in [0.3, 0.4) is 0 Å². The Labute approximate surface area is 97.9 Å². The van der Waals surface area contributed by atoms with Gasteiger partial charge in [0.1, 0.15) is 0 Å². The van der Waals surface area contributed by atoms with Gasteiger partial charge in [0.05, 0.1) is 5.69 Å². The van der Waals surface area contributed by atoms with Crippen LogP contribution in [0, 0.1) is 12.8 Å². The number of hydrogen-bond acceptors (Lipinski definition) is 3. The summed E-state index contributed by atoms with van der Waals surface area (Å²) in [7, 11) is 0. The van der Waals surface area contributed by atoms with Gasteiger partial charge in [0.25, 0.3) is 0 Å². The van der Waals surface area contributed by atoms with E-state index in [9.17, 15) is 0 Å². The molecule has 0 spiro atoms. The average molecular weight is 222 g/mol. The molecule has 3 heteroatoms. The number of aliphatic hydroxyl groups is 1. The van der Waals surface area contributed by atoms with Crippen LogP contribution in [-0.4, -0.2) is 23.2 Å². The van der Waals surface area contributed by atoms with Gasteiger partial charge in [0.15, 0.2) is 0 Å². The molecule has 0 radical (unpaired) electrons. The summed E-state index contributed by atoms with van der Waals surface area (Å²) in [6, 6.07) is 4.13. The molecular formula is C13H22N2O. The van der Waals surface area contributed by atoms with Crippen molar-refractivity contribution >= 4 is 0 Å². The predicted molar refractivity (Wildman–Crippen MR) is 66.2 cm³/mol. The Kier molecular flexibility index (Phi) is 6.04. The Morgan fingerprint density at radius 2 is 2.25 bits per heavy atom. The van der Waals surface area contributed by atoms with E-state index in [2.05, 4.69) is 29.4 Å². The molecule has 2 N–H and O–H groups in total. The van der Waals surface area contributed by atoms with Crippen molar-refractivity contribution in [2.24, 2.45) is 5.92 Å².